The number of carbonyl (C=O) groups is 1. The second kappa shape index (κ2) is 5.06. The Hall–Kier alpha value is -2.07. The first kappa shape index (κ1) is 12.4. The van der Waals surface area contributed by atoms with Crippen LogP contribution in [0.15, 0.2) is 42.5 Å². The zero-order chi connectivity index (χ0) is 13.1. The molecule has 1 N–H and O–H groups in total. The number of rotatable bonds is 3. The van der Waals surface area contributed by atoms with Crippen LogP contribution in [-0.4, -0.2) is 11.1 Å². The third kappa shape index (κ3) is 2.60. The SMILES string of the molecule is O=C(O)c1cccc(F)c1Oc1cccc(Cl)c1. The van der Waals surface area contributed by atoms with E-state index in [2.05, 4.69) is 0 Å². The number of aromatic carboxylic acids is 1. The van der Waals surface area contributed by atoms with Crippen molar-refractivity contribution in [2.75, 3.05) is 0 Å². The van der Waals surface area contributed by atoms with Gasteiger partial charge in [-0.1, -0.05) is 23.7 Å². The van der Waals surface area contributed by atoms with Crippen molar-refractivity contribution in [3.8, 4) is 11.5 Å². The van der Waals surface area contributed by atoms with Gasteiger partial charge in [0, 0.05) is 5.02 Å². The summed E-state index contributed by atoms with van der Waals surface area (Å²) in [5.74, 6) is -2.05. The van der Waals surface area contributed by atoms with Crippen molar-refractivity contribution in [1.82, 2.24) is 0 Å². The lowest BCUT2D eigenvalue weighted by Crippen LogP contribution is -2.01. The quantitative estimate of drug-likeness (QED) is 0.914. The molecule has 0 atom stereocenters. The molecule has 0 unspecified atom stereocenters. The van der Waals surface area contributed by atoms with Gasteiger partial charge in [-0.15, -0.1) is 0 Å². The van der Waals surface area contributed by atoms with Gasteiger partial charge in [0.2, 0.25) is 0 Å². The van der Waals surface area contributed by atoms with E-state index in [1.54, 1.807) is 18.2 Å². The van der Waals surface area contributed by atoms with E-state index in [1.165, 1.54) is 18.2 Å². The van der Waals surface area contributed by atoms with Crippen LogP contribution in [0.4, 0.5) is 4.39 Å². The number of hydrogen-bond donors (Lipinski definition) is 1. The minimum Gasteiger partial charge on any atom is -0.478 e. The molecular weight excluding hydrogens is 259 g/mol. The van der Waals surface area contributed by atoms with Gasteiger partial charge >= 0.3 is 5.97 Å². The Kier molecular flexibility index (Phi) is 3.48. The Morgan fingerprint density at radius 2 is 1.94 bits per heavy atom. The first-order chi connectivity index (χ1) is 8.58. The summed E-state index contributed by atoms with van der Waals surface area (Å²) in [4.78, 5) is 11.0. The molecule has 18 heavy (non-hydrogen) atoms. The molecule has 0 bridgehead atoms. The van der Waals surface area contributed by atoms with Crippen LogP contribution in [0.3, 0.4) is 0 Å². The third-order valence-electron chi connectivity index (χ3n) is 2.21. The molecule has 0 saturated carbocycles. The predicted octanol–water partition coefficient (Wildman–Crippen LogP) is 3.97. The first-order valence-electron chi connectivity index (χ1n) is 5.03. The molecule has 3 nitrogen and oxygen atoms in total. The molecule has 0 radical (unpaired) electrons. The molecule has 5 heteroatoms. The van der Waals surface area contributed by atoms with Gasteiger partial charge in [-0.25, -0.2) is 9.18 Å². The van der Waals surface area contributed by atoms with Crippen molar-refractivity contribution >= 4 is 17.6 Å². The molecule has 92 valence electrons. The van der Waals surface area contributed by atoms with Crippen LogP contribution in [0.25, 0.3) is 0 Å². The maximum Gasteiger partial charge on any atom is 0.339 e. The Bertz CT molecular complexity index is 599. The number of carboxylic acids is 1. The molecule has 0 spiro atoms. The largest absolute Gasteiger partial charge is 0.478 e. The number of para-hydroxylation sites is 1. The van der Waals surface area contributed by atoms with E-state index in [0.29, 0.717) is 5.02 Å². The first-order valence-corrected chi connectivity index (χ1v) is 5.41. The lowest BCUT2D eigenvalue weighted by Gasteiger charge is -2.09. The van der Waals surface area contributed by atoms with Crippen molar-refractivity contribution in [2.24, 2.45) is 0 Å². The Labute approximate surface area is 107 Å². The van der Waals surface area contributed by atoms with Gasteiger partial charge in [0.1, 0.15) is 11.3 Å². The molecule has 0 amide bonds. The summed E-state index contributed by atoms with van der Waals surface area (Å²) in [5.41, 5.74) is -0.241. The number of hydrogen-bond acceptors (Lipinski definition) is 2. The fourth-order valence-corrected chi connectivity index (χ4v) is 1.61. The highest BCUT2D eigenvalue weighted by Gasteiger charge is 2.16. The van der Waals surface area contributed by atoms with Crippen LogP contribution in [0.1, 0.15) is 10.4 Å². The molecule has 0 saturated heterocycles. The van der Waals surface area contributed by atoms with E-state index in [9.17, 15) is 9.18 Å². The standard InChI is InChI=1S/C13H8ClFO3/c14-8-3-1-4-9(7-8)18-12-10(13(16)17)5-2-6-11(12)15/h1-7H,(H,16,17). The van der Waals surface area contributed by atoms with Crippen LogP contribution in [-0.2, 0) is 0 Å². The van der Waals surface area contributed by atoms with Gasteiger partial charge in [-0.05, 0) is 30.3 Å². The molecule has 0 aliphatic heterocycles. The van der Waals surface area contributed by atoms with E-state index in [-0.39, 0.29) is 17.1 Å². The van der Waals surface area contributed by atoms with E-state index >= 15 is 0 Å². The molecular formula is C13H8ClFO3. The number of ether oxygens (including phenoxy) is 1. The summed E-state index contributed by atoms with van der Waals surface area (Å²) in [6, 6.07) is 10.00. The van der Waals surface area contributed by atoms with Crippen molar-refractivity contribution < 1.29 is 19.0 Å². The van der Waals surface area contributed by atoms with E-state index in [4.69, 9.17) is 21.4 Å². The maximum absolute atomic E-state index is 13.6. The Morgan fingerprint density at radius 3 is 2.61 bits per heavy atom. The average Bonchev–Trinajstić information content (AvgIpc) is 2.31. The van der Waals surface area contributed by atoms with E-state index < -0.39 is 11.8 Å². The molecule has 0 aliphatic carbocycles. The topological polar surface area (TPSA) is 46.5 Å². The lowest BCUT2D eigenvalue weighted by atomic mass is 10.2. The second-order valence-corrected chi connectivity index (χ2v) is 3.92. The van der Waals surface area contributed by atoms with Crippen molar-refractivity contribution in [1.29, 1.82) is 0 Å². The summed E-state index contributed by atoms with van der Waals surface area (Å²) in [6.07, 6.45) is 0. The van der Waals surface area contributed by atoms with Gasteiger partial charge in [-0.2, -0.15) is 0 Å². The van der Waals surface area contributed by atoms with Crippen LogP contribution in [0.5, 0.6) is 11.5 Å². The normalized spacial score (nSPS) is 10.1. The summed E-state index contributed by atoms with van der Waals surface area (Å²) in [5, 5.41) is 9.37. The fourth-order valence-electron chi connectivity index (χ4n) is 1.43. The number of benzene rings is 2. The highest BCUT2D eigenvalue weighted by molar-refractivity contribution is 6.30. The smallest absolute Gasteiger partial charge is 0.339 e. The number of carboxylic acid groups (broad SMARTS) is 1. The predicted molar refractivity (Wildman–Crippen MR) is 64.9 cm³/mol. The van der Waals surface area contributed by atoms with Crippen LogP contribution in [0.2, 0.25) is 5.02 Å². The Balaban J connectivity index is 2.42. The highest BCUT2D eigenvalue weighted by atomic mass is 35.5. The second-order valence-electron chi connectivity index (χ2n) is 3.48. The van der Waals surface area contributed by atoms with Gasteiger partial charge in [-0.3, -0.25) is 0 Å². The molecule has 2 aromatic rings. The number of halogens is 2. The molecule has 0 aromatic heterocycles. The summed E-state index contributed by atoms with van der Waals surface area (Å²) >= 11 is 5.76. The van der Waals surface area contributed by atoms with Crippen molar-refractivity contribution in [3.05, 3.63) is 58.9 Å². The fraction of sp³-hybridized carbons (Fsp3) is 0. The molecule has 0 heterocycles. The zero-order valence-corrected chi connectivity index (χ0v) is 9.82. The highest BCUT2D eigenvalue weighted by Crippen LogP contribution is 2.29. The van der Waals surface area contributed by atoms with Gasteiger partial charge in [0.25, 0.3) is 0 Å². The average molecular weight is 267 g/mol. The molecule has 2 aromatic carbocycles. The van der Waals surface area contributed by atoms with Gasteiger partial charge < -0.3 is 9.84 Å². The van der Waals surface area contributed by atoms with Crippen molar-refractivity contribution in [2.45, 2.75) is 0 Å². The summed E-state index contributed by atoms with van der Waals surface area (Å²) in [7, 11) is 0. The molecule has 0 aliphatic rings. The Morgan fingerprint density at radius 1 is 1.22 bits per heavy atom. The van der Waals surface area contributed by atoms with Crippen molar-refractivity contribution in [3.63, 3.8) is 0 Å². The molecule has 0 fully saturated rings. The maximum atomic E-state index is 13.6. The minimum atomic E-state index is -1.26. The van der Waals surface area contributed by atoms with E-state index in [0.717, 1.165) is 6.07 Å². The van der Waals surface area contributed by atoms with E-state index in [1.807, 2.05) is 0 Å². The summed E-state index contributed by atoms with van der Waals surface area (Å²) < 4.78 is 18.8. The summed E-state index contributed by atoms with van der Waals surface area (Å²) in [6.45, 7) is 0. The molecule has 2 rings (SSSR count). The van der Waals surface area contributed by atoms with Gasteiger partial charge in [0.15, 0.2) is 11.6 Å². The minimum absolute atomic E-state index is 0.241. The van der Waals surface area contributed by atoms with Crippen LogP contribution < -0.4 is 4.74 Å². The van der Waals surface area contributed by atoms with Crippen LogP contribution in [0, 0.1) is 5.82 Å². The van der Waals surface area contributed by atoms with Gasteiger partial charge in [0.05, 0.1) is 0 Å². The lowest BCUT2D eigenvalue weighted by molar-refractivity contribution is 0.0693. The third-order valence-corrected chi connectivity index (χ3v) is 2.45. The van der Waals surface area contributed by atoms with Crippen LogP contribution >= 0.6 is 11.6 Å². The monoisotopic (exact) mass is 266 g/mol. The zero-order valence-electron chi connectivity index (χ0n) is 9.06.